The van der Waals surface area contributed by atoms with E-state index in [0.717, 1.165) is 30.6 Å². The average molecular weight is 214 g/mol. The molecule has 1 N–H and O–H groups in total. The summed E-state index contributed by atoms with van der Waals surface area (Å²) in [4.78, 5) is 14.0. The normalized spacial score (nSPS) is 29.5. The van der Waals surface area contributed by atoms with E-state index in [1.54, 1.807) is 0 Å². The number of nitrogens with one attached hydrogen (secondary N) is 1. The van der Waals surface area contributed by atoms with Crippen LogP contribution < -0.4 is 5.32 Å². The van der Waals surface area contributed by atoms with Gasteiger partial charge in [0, 0.05) is 24.7 Å². The van der Waals surface area contributed by atoms with Gasteiger partial charge < -0.3 is 4.90 Å². The lowest BCUT2D eigenvalue weighted by Gasteiger charge is -2.31. The number of carbonyl (C=O) groups excluding carboxylic acids is 1. The molecule has 4 heteroatoms. The van der Waals surface area contributed by atoms with Crippen LogP contribution in [0.5, 0.6) is 0 Å². The molecule has 2 fully saturated rings. The van der Waals surface area contributed by atoms with Crippen molar-refractivity contribution in [3.63, 3.8) is 0 Å². The third kappa shape index (κ3) is 2.23. The number of amides is 1. The summed E-state index contributed by atoms with van der Waals surface area (Å²) in [5.41, 5.74) is 0. The van der Waals surface area contributed by atoms with Crippen molar-refractivity contribution in [1.29, 1.82) is 0 Å². The summed E-state index contributed by atoms with van der Waals surface area (Å²) in [6, 6.07) is 0.0911. The molecular weight excluding hydrogens is 196 g/mol. The molecule has 2 saturated heterocycles. The summed E-state index contributed by atoms with van der Waals surface area (Å²) >= 11 is 1.82. The van der Waals surface area contributed by atoms with Crippen molar-refractivity contribution < 1.29 is 4.79 Å². The Bertz CT molecular complexity index is 208. The fraction of sp³-hybridized carbons (Fsp3) is 0.900. The fourth-order valence-corrected chi connectivity index (χ4v) is 2.94. The highest BCUT2D eigenvalue weighted by atomic mass is 32.2. The van der Waals surface area contributed by atoms with Crippen LogP contribution >= 0.6 is 11.8 Å². The Hall–Kier alpha value is -0.220. The maximum atomic E-state index is 12.0. The molecule has 2 aliphatic rings. The van der Waals surface area contributed by atoms with Gasteiger partial charge >= 0.3 is 0 Å². The Kier molecular flexibility index (Phi) is 3.34. The van der Waals surface area contributed by atoms with Gasteiger partial charge in [-0.2, -0.15) is 0 Å². The Morgan fingerprint density at radius 3 is 2.71 bits per heavy atom. The molecule has 2 heterocycles. The number of rotatable bonds is 1. The zero-order valence-electron chi connectivity index (χ0n) is 8.66. The topological polar surface area (TPSA) is 32.3 Å². The van der Waals surface area contributed by atoms with Crippen LogP contribution in [0.25, 0.3) is 0 Å². The van der Waals surface area contributed by atoms with Crippen molar-refractivity contribution in [2.45, 2.75) is 25.8 Å². The highest BCUT2D eigenvalue weighted by Gasteiger charge is 2.28. The van der Waals surface area contributed by atoms with Crippen molar-refractivity contribution in [3.05, 3.63) is 0 Å². The van der Waals surface area contributed by atoms with E-state index in [1.165, 1.54) is 12.8 Å². The summed E-state index contributed by atoms with van der Waals surface area (Å²) in [6.07, 6.45) is 2.34. The van der Waals surface area contributed by atoms with Crippen LogP contribution in [0.4, 0.5) is 0 Å². The molecule has 2 aliphatic heterocycles. The highest BCUT2D eigenvalue weighted by Crippen LogP contribution is 2.18. The molecular formula is C10H18N2OS. The van der Waals surface area contributed by atoms with E-state index < -0.39 is 0 Å². The highest BCUT2D eigenvalue weighted by molar-refractivity contribution is 7.99. The number of carbonyl (C=O) groups is 1. The van der Waals surface area contributed by atoms with Gasteiger partial charge in [0.25, 0.3) is 0 Å². The van der Waals surface area contributed by atoms with Gasteiger partial charge in [-0.25, -0.2) is 0 Å². The number of hydrogen-bond acceptors (Lipinski definition) is 3. The molecule has 1 amide bonds. The Morgan fingerprint density at radius 1 is 1.43 bits per heavy atom. The van der Waals surface area contributed by atoms with E-state index >= 15 is 0 Å². The predicted molar refractivity (Wildman–Crippen MR) is 59.2 cm³/mol. The quantitative estimate of drug-likeness (QED) is 0.704. The van der Waals surface area contributed by atoms with Crippen LogP contribution in [0, 0.1) is 5.92 Å². The molecule has 0 radical (unpaired) electrons. The van der Waals surface area contributed by atoms with Crippen molar-refractivity contribution in [2.24, 2.45) is 5.92 Å². The van der Waals surface area contributed by atoms with Gasteiger partial charge in [0.1, 0.15) is 0 Å². The molecule has 1 unspecified atom stereocenters. The largest absolute Gasteiger partial charge is 0.341 e. The molecule has 14 heavy (non-hydrogen) atoms. The number of thioether (sulfide) groups is 1. The van der Waals surface area contributed by atoms with Crippen LogP contribution in [0.3, 0.4) is 0 Å². The molecule has 0 bridgehead atoms. The molecule has 80 valence electrons. The summed E-state index contributed by atoms with van der Waals surface area (Å²) in [5.74, 6) is 3.00. The molecule has 1 atom stereocenters. The zero-order chi connectivity index (χ0) is 9.97. The predicted octanol–water partition coefficient (Wildman–Crippen LogP) is 0.907. The van der Waals surface area contributed by atoms with E-state index in [-0.39, 0.29) is 6.04 Å². The maximum absolute atomic E-state index is 12.0. The van der Waals surface area contributed by atoms with E-state index in [1.807, 2.05) is 16.7 Å². The molecule has 0 aromatic rings. The van der Waals surface area contributed by atoms with Crippen molar-refractivity contribution in [3.8, 4) is 0 Å². The Labute approximate surface area is 89.6 Å². The second kappa shape index (κ2) is 4.53. The van der Waals surface area contributed by atoms with E-state index in [4.69, 9.17) is 0 Å². The number of likely N-dealkylation sites (tertiary alicyclic amines) is 1. The summed E-state index contributed by atoms with van der Waals surface area (Å²) in [6.45, 7) is 4.19. The van der Waals surface area contributed by atoms with Gasteiger partial charge in [0.15, 0.2) is 0 Å². The first kappa shape index (κ1) is 10.3. The Morgan fingerprint density at radius 2 is 2.14 bits per heavy atom. The van der Waals surface area contributed by atoms with Crippen molar-refractivity contribution in [1.82, 2.24) is 10.2 Å². The van der Waals surface area contributed by atoms with Crippen LogP contribution in [0.15, 0.2) is 0 Å². The fourth-order valence-electron chi connectivity index (χ4n) is 2.00. The molecule has 3 nitrogen and oxygen atoms in total. The van der Waals surface area contributed by atoms with Gasteiger partial charge in [-0.3, -0.25) is 10.1 Å². The number of piperidine rings is 1. The first-order valence-electron chi connectivity index (χ1n) is 5.37. The average Bonchev–Trinajstić information content (AvgIpc) is 2.71. The van der Waals surface area contributed by atoms with Gasteiger partial charge in [-0.1, -0.05) is 6.92 Å². The molecule has 2 rings (SSSR count). The maximum Gasteiger partial charge on any atom is 0.240 e. The monoisotopic (exact) mass is 214 g/mol. The van der Waals surface area contributed by atoms with E-state index in [9.17, 15) is 4.79 Å². The molecule has 0 aromatic carbocycles. The smallest absolute Gasteiger partial charge is 0.240 e. The van der Waals surface area contributed by atoms with Gasteiger partial charge in [-0.15, -0.1) is 11.8 Å². The lowest BCUT2D eigenvalue weighted by atomic mass is 9.99. The zero-order valence-corrected chi connectivity index (χ0v) is 9.48. The first-order valence-corrected chi connectivity index (χ1v) is 6.53. The minimum atomic E-state index is 0.0911. The van der Waals surface area contributed by atoms with E-state index in [0.29, 0.717) is 5.91 Å². The lowest BCUT2D eigenvalue weighted by Crippen LogP contribution is -2.47. The molecule has 0 saturated carbocycles. The van der Waals surface area contributed by atoms with Gasteiger partial charge in [0.05, 0.1) is 6.04 Å². The SMILES string of the molecule is CC1CCN(C(=O)C2CSCN2)CC1. The van der Waals surface area contributed by atoms with Crippen LogP contribution in [-0.4, -0.2) is 41.6 Å². The Balaban J connectivity index is 1.85. The number of hydrogen-bond donors (Lipinski definition) is 1. The molecule has 0 aromatic heterocycles. The minimum absolute atomic E-state index is 0.0911. The third-order valence-electron chi connectivity index (χ3n) is 3.11. The second-order valence-corrected chi connectivity index (χ2v) is 5.31. The van der Waals surface area contributed by atoms with Crippen molar-refractivity contribution >= 4 is 17.7 Å². The second-order valence-electron chi connectivity index (χ2n) is 4.28. The molecule has 0 aliphatic carbocycles. The summed E-state index contributed by atoms with van der Waals surface area (Å²) < 4.78 is 0. The van der Waals surface area contributed by atoms with Crippen LogP contribution in [0.1, 0.15) is 19.8 Å². The van der Waals surface area contributed by atoms with Crippen LogP contribution in [0.2, 0.25) is 0 Å². The third-order valence-corrected chi connectivity index (χ3v) is 4.05. The summed E-state index contributed by atoms with van der Waals surface area (Å²) in [7, 11) is 0. The van der Waals surface area contributed by atoms with Gasteiger partial charge in [-0.05, 0) is 18.8 Å². The first-order chi connectivity index (χ1) is 6.77. The van der Waals surface area contributed by atoms with E-state index in [2.05, 4.69) is 12.2 Å². The van der Waals surface area contributed by atoms with Crippen LogP contribution in [-0.2, 0) is 4.79 Å². The lowest BCUT2D eigenvalue weighted by molar-refractivity contribution is -0.133. The minimum Gasteiger partial charge on any atom is -0.341 e. The number of nitrogens with zero attached hydrogens (tertiary/aromatic N) is 1. The summed E-state index contributed by atoms with van der Waals surface area (Å²) in [5, 5.41) is 3.24. The van der Waals surface area contributed by atoms with Gasteiger partial charge in [0.2, 0.25) is 5.91 Å². The van der Waals surface area contributed by atoms with Crippen molar-refractivity contribution in [2.75, 3.05) is 24.7 Å². The standard InChI is InChI=1S/C10H18N2OS/c1-8-2-4-12(5-3-8)10(13)9-6-14-7-11-9/h8-9,11H,2-7H2,1H3. The molecule has 0 spiro atoms.